The van der Waals surface area contributed by atoms with E-state index in [9.17, 15) is 9.59 Å². The highest BCUT2D eigenvalue weighted by molar-refractivity contribution is 6.33. The average molecular weight is 439 g/mol. The Hall–Kier alpha value is -2.03. The van der Waals surface area contributed by atoms with Crippen LogP contribution >= 0.6 is 11.6 Å². The molecular formula is C21H31ClN4O4. The van der Waals surface area contributed by atoms with Gasteiger partial charge in [-0.2, -0.15) is 0 Å². The number of ether oxygens (including phenoxy) is 2. The first-order valence-electron chi connectivity index (χ1n) is 10.4. The molecule has 2 fully saturated rings. The van der Waals surface area contributed by atoms with Crippen molar-refractivity contribution in [2.75, 3.05) is 52.7 Å². The molecule has 2 aliphatic heterocycles. The minimum atomic E-state index is -0.279. The topological polar surface area (TPSA) is 97.1 Å². The highest BCUT2D eigenvalue weighted by Gasteiger charge is 2.31. The van der Waals surface area contributed by atoms with Crippen LogP contribution in [0.15, 0.2) is 12.1 Å². The van der Waals surface area contributed by atoms with Crippen LogP contribution in [0.1, 0.15) is 36.0 Å². The molecule has 0 saturated carbocycles. The number of nitrogens with two attached hydrogens (primary N) is 1. The van der Waals surface area contributed by atoms with Gasteiger partial charge < -0.3 is 30.3 Å². The monoisotopic (exact) mass is 438 g/mol. The van der Waals surface area contributed by atoms with Gasteiger partial charge in [-0.3, -0.25) is 9.59 Å². The molecule has 2 saturated heterocycles. The lowest BCUT2D eigenvalue weighted by molar-refractivity contribution is -0.130. The van der Waals surface area contributed by atoms with Crippen LogP contribution in [0, 0.1) is 0 Å². The molecule has 2 amide bonds. The number of carbonyl (C=O) groups is 2. The van der Waals surface area contributed by atoms with Gasteiger partial charge in [-0.05, 0) is 25.3 Å². The van der Waals surface area contributed by atoms with Crippen LogP contribution in [0.25, 0.3) is 0 Å². The highest BCUT2D eigenvalue weighted by Crippen LogP contribution is 2.29. The van der Waals surface area contributed by atoms with E-state index in [1.165, 1.54) is 13.2 Å². The minimum absolute atomic E-state index is 0.144. The molecule has 1 aromatic rings. The van der Waals surface area contributed by atoms with Gasteiger partial charge in [-0.15, -0.1) is 0 Å². The molecule has 2 atom stereocenters. The number of rotatable bonds is 7. The number of methoxy groups -OCH3 is 2. The summed E-state index contributed by atoms with van der Waals surface area (Å²) in [6.45, 7) is 3.92. The van der Waals surface area contributed by atoms with Crippen molar-refractivity contribution in [2.24, 2.45) is 0 Å². The Bertz CT molecular complexity index is 770. The number of carbonyl (C=O) groups excluding carboxylic acids is 2. The molecule has 3 N–H and O–H groups in total. The molecule has 0 spiro atoms. The van der Waals surface area contributed by atoms with E-state index < -0.39 is 0 Å². The fourth-order valence-electron chi connectivity index (χ4n) is 4.13. The second kappa shape index (κ2) is 10.3. The molecule has 1 aromatic carbocycles. The largest absolute Gasteiger partial charge is 0.496 e. The van der Waals surface area contributed by atoms with Crippen molar-refractivity contribution < 1.29 is 19.1 Å². The van der Waals surface area contributed by atoms with Crippen LogP contribution in [0.2, 0.25) is 5.02 Å². The first-order valence-corrected chi connectivity index (χ1v) is 10.8. The Morgan fingerprint density at radius 2 is 1.97 bits per heavy atom. The van der Waals surface area contributed by atoms with Gasteiger partial charge in [0.15, 0.2) is 0 Å². The predicted molar refractivity (Wildman–Crippen MR) is 116 cm³/mol. The van der Waals surface area contributed by atoms with Gasteiger partial charge in [0.2, 0.25) is 5.91 Å². The Kier molecular flexibility index (Phi) is 7.80. The summed E-state index contributed by atoms with van der Waals surface area (Å²) < 4.78 is 10.9. The van der Waals surface area contributed by atoms with Crippen LogP contribution in [-0.4, -0.2) is 80.7 Å². The van der Waals surface area contributed by atoms with Gasteiger partial charge in [0.05, 0.1) is 35.5 Å². The Morgan fingerprint density at radius 3 is 2.63 bits per heavy atom. The summed E-state index contributed by atoms with van der Waals surface area (Å²) in [6, 6.07) is 2.92. The fourth-order valence-corrected chi connectivity index (χ4v) is 4.29. The minimum Gasteiger partial charge on any atom is -0.496 e. The maximum atomic E-state index is 12.9. The van der Waals surface area contributed by atoms with E-state index in [0.29, 0.717) is 41.5 Å². The number of likely N-dealkylation sites (tertiary alicyclic amines) is 2. The van der Waals surface area contributed by atoms with Crippen molar-refractivity contribution in [3.05, 3.63) is 22.7 Å². The lowest BCUT2D eigenvalue weighted by Gasteiger charge is -2.38. The lowest BCUT2D eigenvalue weighted by Crippen LogP contribution is -2.55. The van der Waals surface area contributed by atoms with Crippen molar-refractivity contribution in [3.8, 4) is 5.75 Å². The van der Waals surface area contributed by atoms with E-state index >= 15 is 0 Å². The van der Waals surface area contributed by atoms with Crippen molar-refractivity contribution in [2.45, 2.75) is 37.8 Å². The number of amides is 2. The zero-order chi connectivity index (χ0) is 21.7. The van der Waals surface area contributed by atoms with E-state index in [4.69, 9.17) is 26.8 Å². The van der Waals surface area contributed by atoms with E-state index in [2.05, 4.69) is 10.2 Å². The number of halogens is 1. The van der Waals surface area contributed by atoms with Crippen LogP contribution in [0.5, 0.6) is 5.75 Å². The summed E-state index contributed by atoms with van der Waals surface area (Å²) >= 11 is 6.09. The number of benzene rings is 1. The number of anilines is 1. The van der Waals surface area contributed by atoms with Gasteiger partial charge in [-0.1, -0.05) is 11.6 Å². The molecule has 3 rings (SSSR count). The fraction of sp³-hybridized carbons (Fsp3) is 0.619. The van der Waals surface area contributed by atoms with Gasteiger partial charge >= 0.3 is 0 Å². The molecule has 166 valence electrons. The second-order valence-corrected chi connectivity index (χ2v) is 8.26. The van der Waals surface area contributed by atoms with Crippen molar-refractivity contribution in [3.63, 3.8) is 0 Å². The second-order valence-electron chi connectivity index (χ2n) is 7.86. The summed E-state index contributed by atoms with van der Waals surface area (Å²) in [4.78, 5) is 29.3. The van der Waals surface area contributed by atoms with E-state index in [0.717, 1.165) is 38.9 Å². The van der Waals surface area contributed by atoms with Gasteiger partial charge in [0, 0.05) is 52.3 Å². The maximum Gasteiger partial charge on any atom is 0.255 e. The summed E-state index contributed by atoms with van der Waals surface area (Å²) in [5.41, 5.74) is 6.50. The Morgan fingerprint density at radius 1 is 1.23 bits per heavy atom. The Labute approximate surface area is 182 Å². The maximum absolute atomic E-state index is 12.9. The molecule has 0 bridgehead atoms. The first-order chi connectivity index (χ1) is 14.4. The van der Waals surface area contributed by atoms with E-state index in [1.54, 1.807) is 13.2 Å². The van der Waals surface area contributed by atoms with Gasteiger partial charge in [0.25, 0.3) is 5.91 Å². The molecular weight excluding hydrogens is 408 g/mol. The van der Waals surface area contributed by atoms with Gasteiger partial charge in [-0.25, -0.2) is 0 Å². The number of piperidine rings is 1. The van der Waals surface area contributed by atoms with Crippen molar-refractivity contribution in [1.29, 1.82) is 0 Å². The molecule has 2 heterocycles. The van der Waals surface area contributed by atoms with Crippen LogP contribution < -0.4 is 15.8 Å². The van der Waals surface area contributed by atoms with Crippen LogP contribution in [0.4, 0.5) is 5.69 Å². The number of nitrogen functional groups attached to an aromatic ring is 1. The highest BCUT2D eigenvalue weighted by atomic mass is 35.5. The van der Waals surface area contributed by atoms with E-state index in [-0.39, 0.29) is 24.0 Å². The molecule has 2 aliphatic rings. The predicted octanol–water partition coefficient (Wildman–Crippen LogP) is 1.76. The summed E-state index contributed by atoms with van der Waals surface area (Å²) in [5, 5.41) is 3.35. The molecule has 8 nitrogen and oxygen atoms in total. The quantitative estimate of drug-likeness (QED) is 0.629. The molecule has 0 unspecified atom stereocenters. The summed E-state index contributed by atoms with van der Waals surface area (Å²) in [6.07, 6.45) is 3.29. The van der Waals surface area contributed by atoms with Gasteiger partial charge in [0.1, 0.15) is 5.75 Å². The molecule has 9 heteroatoms. The summed E-state index contributed by atoms with van der Waals surface area (Å²) in [7, 11) is 3.13. The molecule has 0 radical (unpaired) electrons. The zero-order valence-corrected chi connectivity index (χ0v) is 18.4. The third-order valence-corrected chi connectivity index (χ3v) is 6.25. The zero-order valence-electron chi connectivity index (χ0n) is 17.7. The first kappa shape index (κ1) is 22.7. The molecule has 0 aliphatic carbocycles. The smallest absolute Gasteiger partial charge is 0.255 e. The molecule has 30 heavy (non-hydrogen) atoms. The molecule has 0 aromatic heterocycles. The van der Waals surface area contributed by atoms with Crippen LogP contribution in [0.3, 0.4) is 0 Å². The number of nitrogens with zero attached hydrogens (tertiary/aromatic N) is 2. The number of hydrogen-bond donors (Lipinski definition) is 2. The standard InChI is InChI=1S/C21H31ClN4O4/c1-29-18-12-16(23)15(22)11-14(18)21(28)24-17-5-9-25(13-19(17)30-2)10-6-20(27)26-7-3-4-8-26/h11-12,17,19H,3-10,13,23H2,1-2H3,(H,24,28)/t17-,19+/m0/s1. The number of nitrogens with one attached hydrogen (secondary N) is 1. The van der Waals surface area contributed by atoms with Crippen LogP contribution in [-0.2, 0) is 9.53 Å². The Balaban J connectivity index is 1.56. The average Bonchev–Trinajstić information content (AvgIpc) is 3.29. The SMILES string of the molecule is COc1cc(N)c(Cl)cc1C(=O)N[C@H]1CCN(CCC(=O)N2CCCC2)C[C@H]1OC. The van der Waals surface area contributed by atoms with E-state index in [1.807, 2.05) is 4.90 Å². The number of hydrogen-bond acceptors (Lipinski definition) is 6. The lowest BCUT2D eigenvalue weighted by atomic mass is 10.0. The normalized spacial score (nSPS) is 22.2. The third kappa shape index (κ3) is 5.36. The summed E-state index contributed by atoms with van der Waals surface area (Å²) in [5.74, 6) is 0.323. The third-order valence-electron chi connectivity index (χ3n) is 5.93. The van der Waals surface area contributed by atoms with Crippen molar-refractivity contribution in [1.82, 2.24) is 15.1 Å². The van der Waals surface area contributed by atoms with Crippen molar-refractivity contribution >= 4 is 29.1 Å².